The topological polar surface area (TPSA) is 111 Å². The lowest BCUT2D eigenvalue weighted by Gasteiger charge is -2.14. The summed E-state index contributed by atoms with van der Waals surface area (Å²) in [5.74, 6) is 1.14. The lowest BCUT2D eigenvalue weighted by Crippen LogP contribution is -2.27. The number of urea groups is 1. The molecule has 0 fully saturated rings. The van der Waals surface area contributed by atoms with Gasteiger partial charge in [-0.2, -0.15) is 4.98 Å². The molecule has 2 aromatic carbocycles. The zero-order valence-electron chi connectivity index (χ0n) is 17.9. The standard InChI is InChI=1S/C22H25N7O2S/c1-29(2)22(30)27-16-9-7-15(8-10-16)19-14-24-21-26-17-5-3-6-18(13-17)32(31)25-12-4-11-23-20(19)28-21/h3,5-10,13-14,25H,4,11-12H2,1-2H3,(H,27,30)(H2,23,24,26,28). The molecule has 0 saturated heterocycles. The van der Waals surface area contributed by atoms with Crippen LogP contribution in [0.3, 0.4) is 0 Å². The first-order chi connectivity index (χ1) is 15.5. The predicted molar refractivity (Wildman–Crippen MR) is 127 cm³/mol. The van der Waals surface area contributed by atoms with Crippen LogP contribution in [0.4, 0.5) is 27.9 Å². The molecule has 1 atom stereocenters. The van der Waals surface area contributed by atoms with Crippen LogP contribution in [0.2, 0.25) is 0 Å². The number of aromatic nitrogens is 2. The maximum atomic E-state index is 12.4. The van der Waals surface area contributed by atoms with Crippen molar-refractivity contribution in [2.24, 2.45) is 0 Å². The Labute approximate surface area is 189 Å². The molecule has 2 amide bonds. The van der Waals surface area contributed by atoms with E-state index in [1.165, 1.54) is 4.90 Å². The van der Waals surface area contributed by atoms with Gasteiger partial charge in [-0.05, 0) is 42.3 Å². The first-order valence-corrected chi connectivity index (χ1v) is 11.4. The Hall–Kier alpha value is -3.50. The molecule has 0 saturated carbocycles. The van der Waals surface area contributed by atoms with Crippen molar-refractivity contribution in [3.8, 4) is 11.1 Å². The summed E-state index contributed by atoms with van der Waals surface area (Å²) in [7, 11) is 2.11. The summed E-state index contributed by atoms with van der Waals surface area (Å²) in [6, 6.07) is 14.7. The fourth-order valence-electron chi connectivity index (χ4n) is 3.12. The second-order valence-electron chi connectivity index (χ2n) is 7.45. The minimum absolute atomic E-state index is 0.185. The molecule has 10 heteroatoms. The Kier molecular flexibility index (Phi) is 6.62. The van der Waals surface area contributed by atoms with Crippen LogP contribution >= 0.6 is 0 Å². The highest BCUT2D eigenvalue weighted by Crippen LogP contribution is 2.29. The van der Waals surface area contributed by atoms with Crippen LogP contribution in [0, 0.1) is 0 Å². The minimum atomic E-state index is -1.27. The highest BCUT2D eigenvalue weighted by Gasteiger charge is 2.12. The van der Waals surface area contributed by atoms with Crippen molar-refractivity contribution in [3.05, 3.63) is 54.7 Å². The second-order valence-corrected chi connectivity index (χ2v) is 8.75. The SMILES string of the molecule is CN(C)C(=O)Nc1ccc(-c2cnc3nc2NCCCNS(=O)c2cccc(c2)N3)cc1. The molecule has 4 bridgehead atoms. The minimum Gasteiger partial charge on any atom is -0.369 e. The van der Waals surface area contributed by atoms with Crippen LogP contribution in [-0.2, 0) is 11.0 Å². The number of carbonyl (C=O) groups is 1. The summed E-state index contributed by atoms with van der Waals surface area (Å²) in [5.41, 5.74) is 3.24. The molecule has 1 unspecified atom stereocenters. The molecule has 0 aliphatic carbocycles. The van der Waals surface area contributed by atoms with Gasteiger partial charge in [0.2, 0.25) is 5.95 Å². The number of hydrogen-bond acceptors (Lipinski definition) is 6. The van der Waals surface area contributed by atoms with Gasteiger partial charge in [-0.25, -0.2) is 18.7 Å². The van der Waals surface area contributed by atoms with Gasteiger partial charge in [0.05, 0.1) is 4.90 Å². The van der Waals surface area contributed by atoms with Crippen molar-refractivity contribution in [2.45, 2.75) is 11.3 Å². The number of rotatable bonds is 2. The Morgan fingerprint density at radius 1 is 1.12 bits per heavy atom. The van der Waals surface area contributed by atoms with Crippen molar-refractivity contribution in [1.82, 2.24) is 19.6 Å². The fourth-order valence-corrected chi connectivity index (χ4v) is 4.05. The molecule has 1 aliphatic heterocycles. The van der Waals surface area contributed by atoms with Crippen molar-refractivity contribution in [1.29, 1.82) is 0 Å². The Balaban J connectivity index is 1.62. The fraction of sp³-hybridized carbons (Fsp3) is 0.227. The normalized spacial score (nSPS) is 15.8. The number of fused-ring (bicyclic) bond motifs is 4. The van der Waals surface area contributed by atoms with Gasteiger partial charge in [-0.1, -0.05) is 18.2 Å². The molecule has 166 valence electrons. The lowest BCUT2D eigenvalue weighted by molar-refractivity contribution is 0.230. The van der Waals surface area contributed by atoms with Crippen LogP contribution in [-0.4, -0.2) is 52.3 Å². The molecule has 3 aromatic rings. The van der Waals surface area contributed by atoms with E-state index in [1.807, 2.05) is 48.5 Å². The van der Waals surface area contributed by atoms with Gasteiger partial charge in [-0.15, -0.1) is 0 Å². The van der Waals surface area contributed by atoms with Crippen molar-refractivity contribution in [3.63, 3.8) is 0 Å². The third kappa shape index (κ3) is 5.21. The summed E-state index contributed by atoms with van der Waals surface area (Å²) in [6.07, 6.45) is 2.54. The van der Waals surface area contributed by atoms with Gasteiger partial charge in [0.1, 0.15) is 16.8 Å². The monoisotopic (exact) mass is 451 g/mol. The number of hydrogen-bond donors (Lipinski definition) is 4. The zero-order valence-corrected chi connectivity index (χ0v) is 18.7. The molecule has 1 aliphatic rings. The Morgan fingerprint density at radius 3 is 2.72 bits per heavy atom. The van der Waals surface area contributed by atoms with E-state index in [-0.39, 0.29) is 6.03 Å². The van der Waals surface area contributed by atoms with Gasteiger partial charge in [0.15, 0.2) is 0 Å². The quantitative estimate of drug-likeness (QED) is 0.475. The average molecular weight is 452 g/mol. The highest BCUT2D eigenvalue weighted by molar-refractivity contribution is 7.83. The van der Waals surface area contributed by atoms with Crippen molar-refractivity contribution < 1.29 is 9.00 Å². The molecule has 4 rings (SSSR count). The summed E-state index contributed by atoms with van der Waals surface area (Å²) < 4.78 is 15.5. The molecule has 32 heavy (non-hydrogen) atoms. The molecular weight excluding hydrogens is 426 g/mol. The maximum absolute atomic E-state index is 12.4. The lowest BCUT2D eigenvalue weighted by atomic mass is 10.1. The summed E-state index contributed by atoms with van der Waals surface area (Å²) in [4.78, 5) is 23.2. The third-order valence-corrected chi connectivity index (χ3v) is 5.97. The number of nitrogens with zero attached hydrogens (tertiary/aromatic N) is 3. The first-order valence-electron chi connectivity index (χ1n) is 10.2. The molecular formula is C22H25N7O2S. The summed E-state index contributed by atoms with van der Waals surface area (Å²) in [5, 5.41) is 9.38. The summed E-state index contributed by atoms with van der Waals surface area (Å²) >= 11 is 0. The van der Waals surface area contributed by atoms with Crippen LogP contribution in [0.1, 0.15) is 6.42 Å². The van der Waals surface area contributed by atoms with Crippen molar-refractivity contribution in [2.75, 3.05) is 43.1 Å². The Morgan fingerprint density at radius 2 is 1.94 bits per heavy atom. The smallest absolute Gasteiger partial charge is 0.321 e. The van der Waals surface area contributed by atoms with E-state index in [2.05, 4.69) is 30.6 Å². The van der Waals surface area contributed by atoms with Crippen LogP contribution in [0.15, 0.2) is 59.6 Å². The summed E-state index contributed by atoms with van der Waals surface area (Å²) in [6.45, 7) is 1.26. The van der Waals surface area contributed by atoms with Gasteiger partial charge in [0, 0.05) is 50.3 Å². The zero-order chi connectivity index (χ0) is 22.5. The van der Waals surface area contributed by atoms with Gasteiger partial charge in [-0.3, -0.25) is 0 Å². The number of amides is 2. The number of anilines is 4. The Bertz CT molecular complexity index is 1140. The molecule has 0 radical (unpaired) electrons. The van der Waals surface area contributed by atoms with Crippen LogP contribution < -0.4 is 20.7 Å². The second kappa shape index (κ2) is 9.75. The first kappa shape index (κ1) is 21.7. The average Bonchev–Trinajstić information content (AvgIpc) is 2.79. The van der Waals surface area contributed by atoms with Gasteiger partial charge in [0.25, 0.3) is 0 Å². The predicted octanol–water partition coefficient (Wildman–Crippen LogP) is 3.41. The number of benzene rings is 2. The van der Waals surface area contributed by atoms with E-state index in [0.717, 1.165) is 23.2 Å². The van der Waals surface area contributed by atoms with Crippen LogP contribution in [0.25, 0.3) is 11.1 Å². The largest absolute Gasteiger partial charge is 0.369 e. The molecule has 1 aromatic heterocycles. The van der Waals surface area contributed by atoms with Gasteiger partial charge >= 0.3 is 6.03 Å². The van der Waals surface area contributed by atoms with E-state index in [0.29, 0.717) is 35.4 Å². The van der Waals surface area contributed by atoms with Gasteiger partial charge < -0.3 is 20.9 Å². The van der Waals surface area contributed by atoms with E-state index < -0.39 is 11.0 Å². The molecule has 0 spiro atoms. The number of nitrogens with one attached hydrogen (secondary N) is 4. The maximum Gasteiger partial charge on any atom is 0.321 e. The van der Waals surface area contributed by atoms with E-state index >= 15 is 0 Å². The molecule has 4 N–H and O–H groups in total. The molecule has 9 nitrogen and oxygen atoms in total. The number of carbonyl (C=O) groups excluding carboxylic acids is 1. The van der Waals surface area contributed by atoms with E-state index in [1.54, 1.807) is 20.3 Å². The van der Waals surface area contributed by atoms with E-state index in [9.17, 15) is 9.00 Å². The van der Waals surface area contributed by atoms with E-state index in [4.69, 9.17) is 0 Å². The highest BCUT2D eigenvalue weighted by atomic mass is 32.2. The van der Waals surface area contributed by atoms with Crippen molar-refractivity contribution >= 4 is 40.2 Å². The third-order valence-electron chi connectivity index (χ3n) is 4.83. The van der Waals surface area contributed by atoms with Crippen LogP contribution in [0.5, 0.6) is 0 Å². The molecule has 2 heterocycles.